The molecule has 0 atom stereocenters. The van der Waals surface area contributed by atoms with Crippen molar-refractivity contribution in [1.82, 2.24) is 4.57 Å². The molecular formula is C51H41BN4. The maximum absolute atomic E-state index is 2.78. The van der Waals surface area contributed by atoms with Crippen molar-refractivity contribution in [3.8, 4) is 16.8 Å². The molecule has 0 N–H and O–H groups in total. The molecule has 0 spiro atoms. The highest BCUT2D eigenvalue weighted by atomic mass is 15.2. The number of hydrogen-bond acceptors (Lipinski definition) is 3. The van der Waals surface area contributed by atoms with E-state index >= 15 is 0 Å². The smallest absolute Gasteiger partial charge is 0.252 e. The Morgan fingerprint density at radius 2 is 1.12 bits per heavy atom. The summed E-state index contributed by atoms with van der Waals surface area (Å²) < 4.78 is 2.49. The fourth-order valence-electron chi connectivity index (χ4n) is 11.5. The highest BCUT2D eigenvalue weighted by molar-refractivity contribution is 7.00. The zero-order chi connectivity index (χ0) is 36.5. The first-order chi connectivity index (χ1) is 27.8. The van der Waals surface area contributed by atoms with E-state index < -0.39 is 0 Å². The number of aromatic nitrogens is 1. The Morgan fingerprint density at radius 3 is 1.89 bits per heavy atom. The van der Waals surface area contributed by atoms with Crippen molar-refractivity contribution < 1.29 is 0 Å². The number of aryl methyl sites for hydroxylation is 1. The number of fused-ring (bicyclic) bond motifs is 9. The van der Waals surface area contributed by atoms with Crippen LogP contribution in [-0.4, -0.2) is 30.9 Å². The maximum atomic E-state index is 2.78. The Hall–Kier alpha value is -6.20. The predicted octanol–water partition coefficient (Wildman–Crippen LogP) is 9.85. The van der Waals surface area contributed by atoms with Gasteiger partial charge in [0.1, 0.15) is 0 Å². The van der Waals surface area contributed by atoms with E-state index in [1.165, 1.54) is 103 Å². The summed E-state index contributed by atoms with van der Waals surface area (Å²) in [7, 11) is 0. The largest absolute Gasteiger partial charge is 0.371 e. The molecule has 1 aromatic heterocycles. The Kier molecular flexibility index (Phi) is 6.47. The molecule has 0 amide bonds. The molecule has 5 aliphatic rings. The molecule has 0 saturated heterocycles. The minimum atomic E-state index is 0.171. The van der Waals surface area contributed by atoms with Crippen LogP contribution in [0.15, 0.2) is 140 Å². The molecule has 6 heterocycles. The summed E-state index contributed by atoms with van der Waals surface area (Å²) >= 11 is 0. The molecule has 0 unspecified atom stereocenters. The lowest BCUT2D eigenvalue weighted by atomic mass is 9.32. The molecule has 8 aromatic rings. The van der Waals surface area contributed by atoms with E-state index in [0.717, 1.165) is 38.9 Å². The van der Waals surface area contributed by atoms with Crippen LogP contribution in [0.1, 0.15) is 36.0 Å². The van der Waals surface area contributed by atoms with Crippen molar-refractivity contribution in [2.45, 2.75) is 38.5 Å². The van der Waals surface area contributed by atoms with Gasteiger partial charge in [-0.05, 0) is 119 Å². The molecule has 7 aromatic carbocycles. The summed E-state index contributed by atoms with van der Waals surface area (Å²) in [5.74, 6) is 0. The number of para-hydroxylation sites is 3. The van der Waals surface area contributed by atoms with E-state index in [0.29, 0.717) is 0 Å². The number of anilines is 6. The van der Waals surface area contributed by atoms with Crippen LogP contribution in [0.2, 0.25) is 0 Å². The number of benzene rings is 7. The molecule has 0 radical (unpaired) electrons. The topological polar surface area (TPSA) is 14.7 Å². The molecular weight excluding hydrogens is 679 g/mol. The lowest BCUT2D eigenvalue weighted by Gasteiger charge is -2.50. The Bertz CT molecular complexity index is 2870. The second kappa shape index (κ2) is 11.7. The first kappa shape index (κ1) is 31.1. The normalized spacial score (nSPS) is 16.1. The molecule has 0 fully saturated rings. The van der Waals surface area contributed by atoms with E-state index in [4.69, 9.17) is 0 Å². The van der Waals surface area contributed by atoms with Gasteiger partial charge in [-0.1, -0.05) is 103 Å². The van der Waals surface area contributed by atoms with E-state index in [1.807, 2.05) is 0 Å². The van der Waals surface area contributed by atoms with Crippen LogP contribution >= 0.6 is 0 Å². The summed E-state index contributed by atoms with van der Waals surface area (Å²) in [5.41, 5.74) is 23.9. The van der Waals surface area contributed by atoms with Crippen molar-refractivity contribution in [1.29, 1.82) is 0 Å². The third kappa shape index (κ3) is 4.15. The molecule has 268 valence electrons. The molecule has 4 nitrogen and oxygen atoms in total. The van der Waals surface area contributed by atoms with Gasteiger partial charge in [-0.2, -0.15) is 0 Å². The van der Waals surface area contributed by atoms with Crippen molar-refractivity contribution in [3.63, 3.8) is 0 Å². The van der Waals surface area contributed by atoms with Gasteiger partial charge in [-0.25, -0.2) is 0 Å². The summed E-state index contributed by atoms with van der Waals surface area (Å²) in [6.45, 7) is 3.57. The van der Waals surface area contributed by atoms with Crippen LogP contribution < -0.4 is 31.1 Å². The Morgan fingerprint density at radius 1 is 0.464 bits per heavy atom. The van der Waals surface area contributed by atoms with E-state index in [1.54, 1.807) is 22.3 Å². The van der Waals surface area contributed by atoms with Gasteiger partial charge in [0.2, 0.25) is 0 Å². The zero-order valence-electron chi connectivity index (χ0n) is 31.5. The predicted molar refractivity (Wildman–Crippen MR) is 236 cm³/mol. The first-order valence-electron chi connectivity index (χ1n) is 20.8. The molecule has 0 aliphatic carbocycles. The highest BCUT2D eigenvalue weighted by Gasteiger charge is 2.48. The lowest BCUT2D eigenvalue weighted by Crippen LogP contribution is -2.63. The number of nitrogens with zero attached hydrogens (tertiary/aromatic N) is 4. The van der Waals surface area contributed by atoms with Gasteiger partial charge in [0.05, 0.1) is 11.0 Å². The minimum Gasteiger partial charge on any atom is -0.371 e. The van der Waals surface area contributed by atoms with E-state index in [2.05, 4.69) is 159 Å². The quantitative estimate of drug-likeness (QED) is 0.169. The highest BCUT2D eigenvalue weighted by Crippen LogP contribution is 2.53. The SMILES string of the molecule is c1ccc(-c2ccc(N3c4cc(-n5c6ccccc6c6ccccc65)ccc4B4c5cccc6c5N(CCC6)c5c6c7c(c3c54)CCCN7CCC6)cc2)cc1. The van der Waals surface area contributed by atoms with Crippen LogP contribution in [0.4, 0.5) is 34.1 Å². The van der Waals surface area contributed by atoms with Crippen molar-refractivity contribution in [2.75, 3.05) is 34.3 Å². The fraction of sp³-hybridized carbons (Fsp3) is 0.176. The standard InChI is InChI=1S/C51H41BN4/c1-2-12-33(13-3-1)34-23-25-36(26-24-34)56-46-32-37(55-44-21-6-4-16-38(44)39-17-5-7-22-45(39)55)27-28-42(46)52-43-20-8-14-35-15-9-31-54(48(35)43)50-40-18-10-29-53-30-11-19-41(49(40)53)51(56)47(50)52/h1-8,12-14,16-17,20-28,32H,9-11,15,18-19,29-31H2. The van der Waals surface area contributed by atoms with Gasteiger partial charge in [0.15, 0.2) is 0 Å². The molecule has 5 heteroatoms. The van der Waals surface area contributed by atoms with E-state index in [9.17, 15) is 0 Å². The average Bonchev–Trinajstić information content (AvgIpc) is 3.60. The third-order valence-electron chi connectivity index (χ3n) is 13.7. The monoisotopic (exact) mass is 720 g/mol. The molecule has 0 saturated carbocycles. The summed E-state index contributed by atoms with van der Waals surface area (Å²) in [4.78, 5) is 8.24. The van der Waals surface area contributed by atoms with Crippen molar-refractivity contribution >= 4 is 79.0 Å². The summed E-state index contributed by atoms with van der Waals surface area (Å²) in [6.07, 6.45) is 7.05. The summed E-state index contributed by atoms with van der Waals surface area (Å²) in [5, 5.41) is 2.59. The van der Waals surface area contributed by atoms with Crippen molar-refractivity contribution in [2.24, 2.45) is 0 Å². The van der Waals surface area contributed by atoms with Crippen molar-refractivity contribution in [3.05, 3.63) is 156 Å². The minimum absolute atomic E-state index is 0.171. The second-order valence-electron chi connectivity index (χ2n) is 16.5. The lowest BCUT2D eigenvalue weighted by molar-refractivity contribution is 0.633. The van der Waals surface area contributed by atoms with E-state index in [-0.39, 0.29) is 6.71 Å². The van der Waals surface area contributed by atoms with Gasteiger partial charge in [-0.15, -0.1) is 0 Å². The Balaban J connectivity index is 1.14. The molecule has 56 heavy (non-hydrogen) atoms. The van der Waals surface area contributed by atoms with Gasteiger partial charge in [-0.3, -0.25) is 0 Å². The third-order valence-corrected chi connectivity index (χ3v) is 13.7. The van der Waals surface area contributed by atoms with Crippen LogP contribution in [0, 0.1) is 0 Å². The summed E-state index contributed by atoms with van der Waals surface area (Å²) in [6, 6.07) is 52.7. The van der Waals surface area contributed by atoms with Crippen LogP contribution in [0.5, 0.6) is 0 Å². The van der Waals surface area contributed by atoms with Gasteiger partial charge >= 0.3 is 0 Å². The van der Waals surface area contributed by atoms with Crippen LogP contribution in [-0.2, 0) is 19.3 Å². The van der Waals surface area contributed by atoms with Gasteiger partial charge < -0.3 is 19.3 Å². The van der Waals surface area contributed by atoms with Crippen LogP contribution in [0.3, 0.4) is 0 Å². The maximum Gasteiger partial charge on any atom is 0.252 e. The zero-order valence-corrected chi connectivity index (χ0v) is 31.5. The molecule has 0 bridgehead atoms. The van der Waals surface area contributed by atoms with Crippen LogP contribution in [0.25, 0.3) is 38.6 Å². The fourth-order valence-corrected chi connectivity index (χ4v) is 11.5. The molecule has 13 rings (SSSR count). The number of hydrogen-bond donors (Lipinski definition) is 0. The Labute approximate surface area is 328 Å². The van der Waals surface area contributed by atoms with Gasteiger partial charge in [0.25, 0.3) is 6.71 Å². The average molecular weight is 721 g/mol. The molecule has 5 aliphatic heterocycles. The number of rotatable bonds is 3. The first-order valence-corrected chi connectivity index (χ1v) is 20.8. The second-order valence-corrected chi connectivity index (χ2v) is 16.5. The van der Waals surface area contributed by atoms with Gasteiger partial charge in [0, 0.05) is 70.2 Å².